The number of rotatable bonds is 11. The van der Waals surface area contributed by atoms with E-state index >= 15 is 0 Å². The summed E-state index contributed by atoms with van der Waals surface area (Å²) < 4.78 is 0. The molecule has 0 aromatic heterocycles. The van der Waals surface area contributed by atoms with Crippen LogP contribution in [-0.4, -0.2) is 42.1 Å². The minimum absolute atomic E-state index is 0.229. The van der Waals surface area contributed by atoms with Gasteiger partial charge in [0, 0.05) is 19.5 Å². The molecule has 19 heavy (non-hydrogen) atoms. The van der Waals surface area contributed by atoms with Crippen LogP contribution < -0.4 is 0 Å². The lowest BCUT2D eigenvalue weighted by Gasteiger charge is -2.18. The summed E-state index contributed by atoms with van der Waals surface area (Å²) in [4.78, 5) is 6.71. The Morgan fingerprint density at radius 1 is 1.16 bits per heavy atom. The zero-order valence-corrected chi connectivity index (χ0v) is 12.5. The van der Waals surface area contributed by atoms with Gasteiger partial charge in [-0.05, 0) is 19.3 Å². The Morgan fingerprint density at radius 2 is 1.95 bits per heavy atom. The number of nitrogens with zero attached hydrogens (tertiary/aromatic N) is 2. The Hall–Kier alpha value is -0.830. The SMILES string of the molecule is CCCCCCC/C=C/CCC1=NCCN1CCO. The normalized spacial score (nSPS) is 15.5. The second-order valence-electron chi connectivity index (χ2n) is 5.22. The number of β-amino-alcohol motifs (C(OH)–C–C–N with tert-alkyl or cyclic N) is 1. The first-order valence-corrected chi connectivity index (χ1v) is 7.92. The van der Waals surface area contributed by atoms with Crippen LogP contribution in [0.4, 0.5) is 0 Å². The number of aliphatic imine (C=N–C) groups is 1. The molecular formula is C16H30N2O. The van der Waals surface area contributed by atoms with Crippen molar-refractivity contribution >= 4 is 5.84 Å². The standard InChI is InChI=1S/C16H30N2O/c1-2-3-4-5-6-7-8-9-10-11-16-17-12-13-18(16)14-15-19/h8-9,19H,2-7,10-15H2,1H3/b9-8+. The lowest BCUT2D eigenvalue weighted by molar-refractivity contribution is 0.255. The molecule has 0 amide bonds. The number of aliphatic hydroxyl groups excluding tert-OH is 1. The Balaban J connectivity index is 2.00. The number of allylic oxidation sites excluding steroid dienone is 2. The van der Waals surface area contributed by atoms with Crippen LogP contribution in [0, 0.1) is 0 Å². The fourth-order valence-electron chi connectivity index (χ4n) is 2.44. The van der Waals surface area contributed by atoms with Crippen LogP contribution in [0.15, 0.2) is 17.1 Å². The van der Waals surface area contributed by atoms with Crippen LogP contribution in [0.2, 0.25) is 0 Å². The quantitative estimate of drug-likeness (QED) is 0.459. The fraction of sp³-hybridized carbons (Fsp3) is 0.812. The van der Waals surface area contributed by atoms with E-state index in [1.807, 2.05) is 0 Å². The zero-order valence-electron chi connectivity index (χ0n) is 12.5. The molecule has 1 N–H and O–H groups in total. The molecule has 1 aliphatic heterocycles. The second kappa shape index (κ2) is 11.0. The molecule has 0 aromatic carbocycles. The van der Waals surface area contributed by atoms with Crippen molar-refractivity contribution in [1.29, 1.82) is 0 Å². The molecule has 0 atom stereocenters. The van der Waals surface area contributed by atoms with Gasteiger partial charge >= 0.3 is 0 Å². The maximum atomic E-state index is 8.96. The van der Waals surface area contributed by atoms with Gasteiger partial charge in [0.1, 0.15) is 0 Å². The molecule has 3 heteroatoms. The first kappa shape index (κ1) is 16.2. The summed E-state index contributed by atoms with van der Waals surface area (Å²) in [5.41, 5.74) is 0. The van der Waals surface area contributed by atoms with Crippen molar-refractivity contribution in [1.82, 2.24) is 4.90 Å². The van der Waals surface area contributed by atoms with Gasteiger partial charge in [-0.25, -0.2) is 0 Å². The highest BCUT2D eigenvalue weighted by atomic mass is 16.3. The van der Waals surface area contributed by atoms with Crippen molar-refractivity contribution < 1.29 is 5.11 Å². The van der Waals surface area contributed by atoms with Gasteiger partial charge in [-0.2, -0.15) is 0 Å². The summed E-state index contributed by atoms with van der Waals surface area (Å²) in [5.74, 6) is 1.18. The van der Waals surface area contributed by atoms with Crippen molar-refractivity contribution in [3.63, 3.8) is 0 Å². The monoisotopic (exact) mass is 266 g/mol. The third-order valence-electron chi connectivity index (χ3n) is 3.57. The van der Waals surface area contributed by atoms with Crippen molar-refractivity contribution in [3.8, 4) is 0 Å². The van der Waals surface area contributed by atoms with Gasteiger partial charge in [0.15, 0.2) is 0 Å². The first-order valence-electron chi connectivity index (χ1n) is 7.92. The van der Waals surface area contributed by atoms with Crippen LogP contribution in [0.25, 0.3) is 0 Å². The van der Waals surface area contributed by atoms with Crippen molar-refractivity contribution in [2.45, 2.75) is 58.3 Å². The molecule has 0 spiro atoms. The molecule has 0 fully saturated rings. The lowest BCUT2D eigenvalue weighted by Crippen LogP contribution is -2.30. The number of amidine groups is 1. The molecule has 0 unspecified atom stereocenters. The summed E-state index contributed by atoms with van der Waals surface area (Å²) in [5, 5.41) is 8.96. The van der Waals surface area contributed by atoms with E-state index in [1.54, 1.807) is 0 Å². The number of hydrogen-bond donors (Lipinski definition) is 1. The molecule has 110 valence electrons. The zero-order chi connectivity index (χ0) is 13.8. The van der Waals surface area contributed by atoms with Gasteiger partial charge in [0.2, 0.25) is 0 Å². The van der Waals surface area contributed by atoms with Crippen LogP contribution >= 0.6 is 0 Å². The maximum absolute atomic E-state index is 8.96. The van der Waals surface area contributed by atoms with E-state index in [-0.39, 0.29) is 6.61 Å². The Morgan fingerprint density at radius 3 is 2.74 bits per heavy atom. The smallest absolute Gasteiger partial charge is 0.0994 e. The third kappa shape index (κ3) is 7.36. The lowest BCUT2D eigenvalue weighted by atomic mass is 10.1. The molecule has 0 radical (unpaired) electrons. The van der Waals surface area contributed by atoms with E-state index < -0.39 is 0 Å². The van der Waals surface area contributed by atoms with Crippen LogP contribution in [0.1, 0.15) is 58.3 Å². The van der Waals surface area contributed by atoms with Gasteiger partial charge in [-0.15, -0.1) is 0 Å². The number of aliphatic hydroxyl groups is 1. The van der Waals surface area contributed by atoms with Crippen LogP contribution in [-0.2, 0) is 0 Å². The molecule has 0 saturated carbocycles. The fourth-order valence-corrected chi connectivity index (χ4v) is 2.44. The minimum atomic E-state index is 0.229. The molecule has 1 rings (SSSR count). The van der Waals surface area contributed by atoms with E-state index in [0.717, 1.165) is 32.5 Å². The van der Waals surface area contributed by atoms with E-state index in [4.69, 9.17) is 5.11 Å². The van der Waals surface area contributed by atoms with E-state index in [0.29, 0.717) is 0 Å². The van der Waals surface area contributed by atoms with E-state index in [2.05, 4.69) is 29.0 Å². The number of unbranched alkanes of at least 4 members (excludes halogenated alkanes) is 5. The first-order chi connectivity index (χ1) is 9.38. The molecule has 0 saturated heterocycles. The van der Waals surface area contributed by atoms with Crippen molar-refractivity contribution in [3.05, 3.63) is 12.2 Å². The summed E-state index contributed by atoms with van der Waals surface area (Å²) in [6, 6.07) is 0. The summed E-state index contributed by atoms with van der Waals surface area (Å²) in [6.07, 6.45) is 14.7. The minimum Gasteiger partial charge on any atom is -0.395 e. The second-order valence-corrected chi connectivity index (χ2v) is 5.22. The predicted molar refractivity (Wildman–Crippen MR) is 82.7 cm³/mol. The topological polar surface area (TPSA) is 35.8 Å². The molecule has 0 bridgehead atoms. The maximum Gasteiger partial charge on any atom is 0.0994 e. The van der Waals surface area contributed by atoms with Gasteiger partial charge in [0.25, 0.3) is 0 Å². The highest BCUT2D eigenvalue weighted by Gasteiger charge is 2.14. The van der Waals surface area contributed by atoms with Crippen LogP contribution in [0.3, 0.4) is 0 Å². The van der Waals surface area contributed by atoms with Gasteiger partial charge in [-0.3, -0.25) is 4.99 Å². The van der Waals surface area contributed by atoms with Gasteiger partial charge in [0.05, 0.1) is 19.0 Å². The molecule has 3 nitrogen and oxygen atoms in total. The summed E-state index contributed by atoms with van der Waals surface area (Å²) in [6.45, 7) is 5.10. The van der Waals surface area contributed by atoms with Crippen molar-refractivity contribution in [2.75, 3.05) is 26.2 Å². The molecule has 1 heterocycles. The molecule has 1 aliphatic rings. The summed E-state index contributed by atoms with van der Waals surface area (Å²) in [7, 11) is 0. The Bertz CT molecular complexity index is 274. The van der Waals surface area contributed by atoms with Gasteiger partial charge < -0.3 is 10.0 Å². The van der Waals surface area contributed by atoms with Crippen LogP contribution in [0.5, 0.6) is 0 Å². The average Bonchev–Trinajstić information content (AvgIpc) is 2.85. The predicted octanol–water partition coefficient (Wildman–Crippen LogP) is 3.39. The highest BCUT2D eigenvalue weighted by Crippen LogP contribution is 2.09. The largest absolute Gasteiger partial charge is 0.395 e. The highest BCUT2D eigenvalue weighted by molar-refractivity contribution is 5.83. The molecule has 0 aliphatic carbocycles. The van der Waals surface area contributed by atoms with Crippen molar-refractivity contribution in [2.24, 2.45) is 4.99 Å². The Kier molecular flexibility index (Phi) is 9.42. The average molecular weight is 266 g/mol. The van der Waals surface area contributed by atoms with E-state index in [9.17, 15) is 0 Å². The van der Waals surface area contributed by atoms with Gasteiger partial charge in [-0.1, -0.05) is 44.8 Å². The Labute approximate surface area is 118 Å². The number of hydrogen-bond acceptors (Lipinski definition) is 3. The van der Waals surface area contributed by atoms with E-state index in [1.165, 1.54) is 44.4 Å². The molecule has 0 aromatic rings. The molecular weight excluding hydrogens is 236 g/mol. The third-order valence-corrected chi connectivity index (χ3v) is 3.57. The summed E-state index contributed by atoms with van der Waals surface area (Å²) >= 11 is 0.